The molecule has 1 aromatic carbocycles. The molecule has 0 aliphatic carbocycles. The summed E-state index contributed by atoms with van der Waals surface area (Å²) >= 11 is 8.07. The number of pyridine rings is 1. The smallest absolute Gasteiger partial charge is 0.253 e. The van der Waals surface area contributed by atoms with E-state index in [0.29, 0.717) is 17.1 Å². The number of carbonyl (C=O) groups is 1. The van der Waals surface area contributed by atoms with Crippen molar-refractivity contribution in [2.24, 2.45) is 0 Å². The number of carbonyl (C=O) groups excluding carboxylic acids is 1. The first-order chi connectivity index (χ1) is 9.08. The summed E-state index contributed by atoms with van der Waals surface area (Å²) in [5.74, 6) is -0.0219. The Morgan fingerprint density at radius 3 is 2.63 bits per heavy atom. The molecule has 0 bridgehead atoms. The molecule has 5 heteroatoms. The van der Waals surface area contributed by atoms with E-state index in [-0.39, 0.29) is 5.91 Å². The number of halogens is 2. The Kier molecular flexibility index (Phi) is 4.76. The van der Waals surface area contributed by atoms with Crippen LogP contribution in [0.1, 0.15) is 15.9 Å². The maximum Gasteiger partial charge on any atom is 0.253 e. The van der Waals surface area contributed by atoms with Crippen LogP contribution in [0.3, 0.4) is 0 Å². The average molecular weight is 387 g/mol. The van der Waals surface area contributed by atoms with Gasteiger partial charge >= 0.3 is 0 Å². The van der Waals surface area contributed by atoms with Gasteiger partial charge in [0.05, 0.1) is 5.02 Å². The molecule has 0 unspecified atom stereocenters. The Morgan fingerprint density at radius 1 is 1.32 bits per heavy atom. The van der Waals surface area contributed by atoms with E-state index < -0.39 is 0 Å². The largest absolute Gasteiger partial charge is 0.337 e. The van der Waals surface area contributed by atoms with E-state index in [1.807, 2.05) is 12.1 Å². The highest BCUT2D eigenvalue weighted by molar-refractivity contribution is 14.1. The second-order valence-electron chi connectivity index (χ2n) is 4.15. The van der Waals surface area contributed by atoms with Crippen molar-refractivity contribution >= 4 is 40.1 Å². The molecule has 1 aromatic heterocycles. The van der Waals surface area contributed by atoms with Crippen LogP contribution in [-0.2, 0) is 6.54 Å². The van der Waals surface area contributed by atoms with Crippen molar-refractivity contribution in [1.82, 2.24) is 9.88 Å². The lowest BCUT2D eigenvalue weighted by molar-refractivity contribution is 0.0785. The number of hydrogen-bond donors (Lipinski definition) is 0. The molecule has 2 rings (SSSR count). The van der Waals surface area contributed by atoms with E-state index in [1.165, 1.54) is 0 Å². The number of amides is 1. The molecule has 0 spiro atoms. The number of rotatable bonds is 3. The Hall–Kier alpha value is -1.14. The van der Waals surface area contributed by atoms with E-state index in [0.717, 1.165) is 9.13 Å². The predicted molar refractivity (Wildman–Crippen MR) is 84.2 cm³/mol. The summed E-state index contributed by atoms with van der Waals surface area (Å²) in [5, 5.41) is 0.661. The second-order valence-corrected chi connectivity index (χ2v) is 5.71. The third-order valence-corrected chi connectivity index (χ3v) is 4.22. The number of aromatic nitrogens is 1. The molecule has 0 N–H and O–H groups in total. The van der Waals surface area contributed by atoms with E-state index in [1.54, 1.807) is 42.5 Å². The fourth-order valence-electron chi connectivity index (χ4n) is 1.68. The van der Waals surface area contributed by atoms with Crippen molar-refractivity contribution in [3.05, 3.63) is 62.4 Å². The minimum atomic E-state index is -0.0219. The first kappa shape index (κ1) is 14.3. The van der Waals surface area contributed by atoms with Crippen LogP contribution >= 0.6 is 34.2 Å². The van der Waals surface area contributed by atoms with Gasteiger partial charge in [0.25, 0.3) is 5.91 Å². The Labute approximate surface area is 130 Å². The molecule has 0 radical (unpaired) electrons. The SMILES string of the molecule is CN(Cc1ccncc1)C(=O)c1ccc(Cl)c(I)c1. The van der Waals surface area contributed by atoms with Gasteiger partial charge in [-0.2, -0.15) is 0 Å². The summed E-state index contributed by atoms with van der Waals surface area (Å²) in [4.78, 5) is 17.9. The zero-order valence-corrected chi connectivity index (χ0v) is 13.2. The topological polar surface area (TPSA) is 33.2 Å². The summed E-state index contributed by atoms with van der Waals surface area (Å²) in [6, 6.07) is 9.09. The van der Waals surface area contributed by atoms with Gasteiger partial charge in [-0.25, -0.2) is 0 Å². The highest BCUT2D eigenvalue weighted by Gasteiger charge is 2.13. The van der Waals surface area contributed by atoms with Crippen LogP contribution in [-0.4, -0.2) is 22.8 Å². The van der Waals surface area contributed by atoms with E-state index in [9.17, 15) is 4.79 Å². The molecule has 2 aromatic rings. The molecule has 98 valence electrons. The number of benzene rings is 1. The highest BCUT2D eigenvalue weighted by Crippen LogP contribution is 2.20. The lowest BCUT2D eigenvalue weighted by atomic mass is 10.2. The standard InChI is InChI=1S/C14H12ClIN2O/c1-18(9-10-4-6-17-7-5-10)14(19)11-2-3-12(15)13(16)8-11/h2-8H,9H2,1H3. The molecule has 0 saturated heterocycles. The van der Waals surface area contributed by atoms with E-state index in [2.05, 4.69) is 27.6 Å². The lowest BCUT2D eigenvalue weighted by Crippen LogP contribution is -2.26. The van der Waals surface area contributed by atoms with Crippen LogP contribution in [0.2, 0.25) is 5.02 Å². The number of hydrogen-bond acceptors (Lipinski definition) is 2. The van der Waals surface area contributed by atoms with Crippen LogP contribution in [0.4, 0.5) is 0 Å². The van der Waals surface area contributed by atoms with Crippen molar-refractivity contribution < 1.29 is 4.79 Å². The van der Waals surface area contributed by atoms with Crippen LogP contribution in [0.15, 0.2) is 42.7 Å². The van der Waals surface area contributed by atoms with Crippen molar-refractivity contribution in [3.63, 3.8) is 0 Å². The second kappa shape index (κ2) is 6.34. The zero-order valence-electron chi connectivity index (χ0n) is 10.3. The zero-order chi connectivity index (χ0) is 13.8. The molecule has 1 heterocycles. The van der Waals surface area contributed by atoms with Crippen LogP contribution in [0, 0.1) is 3.57 Å². The molecule has 0 fully saturated rings. The van der Waals surface area contributed by atoms with Crippen LogP contribution in [0.5, 0.6) is 0 Å². The predicted octanol–water partition coefficient (Wildman–Crippen LogP) is 3.61. The highest BCUT2D eigenvalue weighted by atomic mass is 127. The number of nitrogens with zero attached hydrogens (tertiary/aromatic N) is 2. The Morgan fingerprint density at radius 2 is 2.00 bits per heavy atom. The summed E-state index contributed by atoms with van der Waals surface area (Å²) in [6.07, 6.45) is 3.44. The van der Waals surface area contributed by atoms with Crippen molar-refractivity contribution in [2.45, 2.75) is 6.54 Å². The van der Waals surface area contributed by atoms with Crippen molar-refractivity contribution in [1.29, 1.82) is 0 Å². The first-order valence-corrected chi connectivity index (χ1v) is 7.13. The van der Waals surface area contributed by atoms with Gasteiger partial charge in [0.15, 0.2) is 0 Å². The summed E-state index contributed by atoms with van der Waals surface area (Å²) < 4.78 is 0.877. The fourth-order valence-corrected chi connectivity index (χ4v) is 2.32. The molecule has 0 aliphatic heterocycles. The Bertz CT molecular complexity index is 589. The third-order valence-electron chi connectivity index (χ3n) is 2.68. The van der Waals surface area contributed by atoms with Gasteiger partial charge in [0.2, 0.25) is 0 Å². The van der Waals surface area contributed by atoms with Gasteiger partial charge in [-0.15, -0.1) is 0 Å². The molecule has 3 nitrogen and oxygen atoms in total. The lowest BCUT2D eigenvalue weighted by Gasteiger charge is -2.17. The van der Waals surface area contributed by atoms with Crippen molar-refractivity contribution in [2.75, 3.05) is 7.05 Å². The van der Waals surface area contributed by atoms with Gasteiger partial charge in [0, 0.05) is 35.1 Å². The van der Waals surface area contributed by atoms with Crippen LogP contribution in [0.25, 0.3) is 0 Å². The normalized spacial score (nSPS) is 10.3. The molecular weight excluding hydrogens is 375 g/mol. The van der Waals surface area contributed by atoms with Gasteiger partial charge in [-0.1, -0.05) is 11.6 Å². The maximum absolute atomic E-state index is 12.3. The summed E-state index contributed by atoms with van der Waals surface area (Å²) in [5.41, 5.74) is 1.69. The van der Waals surface area contributed by atoms with Crippen molar-refractivity contribution in [3.8, 4) is 0 Å². The molecular formula is C14H12ClIN2O. The quantitative estimate of drug-likeness (QED) is 0.755. The minimum absolute atomic E-state index is 0.0219. The molecule has 1 amide bonds. The van der Waals surface area contributed by atoms with E-state index in [4.69, 9.17) is 11.6 Å². The maximum atomic E-state index is 12.3. The fraction of sp³-hybridized carbons (Fsp3) is 0.143. The van der Waals surface area contributed by atoms with Gasteiger partial charge in [0.1, 0.15) is 0 Å². The molecule has 0 aliphatic rings. The van der Waals surface area contributed by atoms with Crippen LogP contribution < -0.4 is 0 Å². The molecule has 0 atom stereocenters. The summed E-state index contributed by atoms with van der Waals surface area (Å²) in [6.45, 7) is 0.556. The van der Waals surface area contributed by atoms with Gasteiger partial charge in [-0.3, -0.25) is 9.78 Å². The van der Waals surface area contributed by atoms with Gasteiger partial charge in [-0.05, 0) is 58.5 Å². The van der Waals surface area contributed by atoms with E-state index >= 15 is 0 Å². The minimum Gasteiger partial charge on any atom is -0.337 e. The molecule has 19 heavy (non-hydrogen) atoms. The monoisotopic (exact) mass is 386 g/mol. The molecule has 0 saturated carbocycles. The Balaban J connectivity index is 2.12. The van der Waals surface area contributed by atoms with Gasteiger partial charge < -0.3 is 4.90 Å². The third kappa shape index (κ3) is 3.67. The summed E-state index contributed by atoms with van der Waals surface area (Å²) in [7, 11) is 1.78. The first-order valence-electron chi connectivity index (χ1n) is 5.67. The average Bonchev–Trinajstić information content (AvgIpc) is 2.42.